The zero-order valence-electron chi connectivity index (χ0n) is 13.9. The van der Waals surface area contributed by atoms with Crippen LogP contribution in [0.5, 0.6) is 0 Å². The summed E-state index contributed by atoms with van der Waals surface area (Å²) in [5, 5.41) is 5.25. The molecule has 1 amide bonds. The number of nitrogens with zero attached hydrogens (tertiary/aromatic N) is 2. The first kappa shape index (κ1) is 15.6. The minimum Gasteiger partial charge on any atom is -0.445 e. The first-order chi connectivity index (χ1) is 10.8. The standard InChI is InChI=1S/C16H22N4O3/c1-9-10(14(22)19-18-9)7-13(21)20-6-5-12-11(8-20)17-15(23-12)16(2,3)4/h5-8H2,1-4H3,(H2,18,19,22). The van der Waals surface area contributed by atoms with Crippen LogP contribution >= 0.6 is 0 Å². The molecule has 3 heterocycles. The topological polar surface area (TPSA) is 95.0 Å². The number of amides is 1. The van der Waals surface area contributed by atoms with Crippen molar-refractivity contribution >= 4 is 5.91 Å². The van der Waals surface area contributed by atoms with Crippen LogP contribution in [0, 0.1) is 6.92 Å². The molecule has 0 fully saturated rings. The van der Waals surface area contributed by atoms with E-state index in [9.17, 15) is 9.59 Å². The smallest absolute Gasteiger partial charge is 0.267 e. The number of aromatic amines is 2. The van der Waals surface area contributed by atoms with Crippen molar-refractivity contribution in [2.75, 3.05) is 6.54 Å². The number of nitrogens with one attached hydrogen (secondary N) is 2. The van der Waals surface area contributed by atoms with Gasteiger partial charge in [-0.3, -0.25) is 14.7 Å². The van der Waals surface area contributed by atoms with E-state index in [-0.39, 0.29) is 23.3 Å². The maximum absolute atomic E-state index is 12.5. The number of aryl methyl sites for hydroxylation is 1. The zero-order chi connectivity index (χ0) is 16.8. The fourth-order valence-electron chi connectivity index (χ4n) is 2.68. The summed E-state index contributed by atoms with van der Waals surface area (Å²) in [6.07, 6.45) is 0.761. The van der Waals surface area contributed by atoms with E-state index in [1.807, 2.05) is 20.8 Å². The number of aromatic nitrogens is 3. The second-order valence-corrected chi connectivity index (χ2v) is 7.06. The summed E-state index contributed by atoms with van der Waals surface area (Å²) < 4.78 is 5.83. The Kier molecular flexibility index (Phi) is 3.66. The lowest BCUT2D eigenvalue weighted by molar-refractivity contribution is -0.131. The normalized spacial score (nSPS) is 14.9. The molecule has 0 radical (unpaired) electrons. The lowest BCUT2D eigenvalue weighted by Gasteiger charge is -2.25. The Balaban J connectivity index is 1.75. The van der Waals surface area contributed by atoms with Gasteiger partial charge in [0.2, 0.25) is 5.91 Å². The molecule has 0 aliphatic carbocycles. The number of oxazole rings is 1. The number of hydrogen-bond donors (Lipinski definition) is 2. The Morgan fingerprint density at radius 1 is 1.35 bits per heavy atom. The Hall–Kier alpha value is -2.31. The molecule has 1 aliphatic heterocycles. The first-order valence-electron chi connectivity index (χ1n) is 7.78. The molecule has 3 rings (SSSR count). The minimum absolute atomic E-state index is 0.0656. The SMILES string of the molecule is Cc1[nH][nH]c(=O)c1CC(=O)N1CCc2oc(C(C)(C)C)nc2C1. The van der Waals surface area contributed by atoms with Gasteiger partial charge in [0.15, 0.2) is 5.89 Å². The van der Waals surface area contributed by atoms with Crippen LogP contribution in [-0.4, -0.2) is 32.5 Å². The quantitative estimate of drug-likeness (QED) is 0.875. The van der Waals surface area contributed by atoms with Crippen LogP contribution < -0.4 is 5.56 Å². The van der Waals surface area contributed by atoms with Gasteiger partial charge < -0.3 is 14.4 Å². The van der Waals surface area contributed by atoms with Crippen molar-refractivity contribution in [1.29, 1.82) is 0 Å². The molecule has 2 N–H and O–H groups in total. The highest BCUT2D eigenvalue weighted by Gasteiger charge is 2.29. The van der Waals surface area contributed by atoms with E-state index >= 15 is 0 Å². The molecule has 0 saturated carbocycles. The van der Waals surface area contributed by atoms with Crippen molar-refractivity contribution in [2.24, 2.45) is 0 Å². The van der Waals surface area contributed by atoms with Crippen LogP contribution in [0.25, 0.3) is 0 Å². The molecular formula is C16H22N4O3. The van der Waals surface area contributed by atoms with Gasteiger partial charge in [0, 0.05) is 29.6 Å². The average Bonchev–Trinajstić information content (AvgIpc) is 3.04. The Morgan fingerprint density at radius 2 is 2.09 bits per heavy atom. The number of carbonyl (C=O) groups excluding carboxylic acids is 1. The van der Waals surface area contributed by atoms with Crippen molar-refractivity contribution in [3.05, 3.63) is 39.0 Å². The monoisotopic (exact) mass is 318 g/mol. The third kappa shape index (κ3) is 2.95. The van der Waals surface area contributed by atoms with Gasteiger partial charge in [0.1, 0.15) is 11.5 Å². The number of carbonyl (C=O) groups is 1. The molecule has 0 atom stereocenters. The third-order valence-corrected chi connectivity index (χ3v) is 4.14. The molecule has 0 aromatic carbocycles. The van der Waals surface area contributed by atoms with Crippen molar-refractivity contribution in [1.82, 2.24) is 20.1 Å². The summed E-state index contributed by atoms with van der Waals surface area (Å²) in [6, 6.07) is 0. The Bertz CT molecular complexity index is 791. The zero-order valence-corrected chi connectivity index (χ0v) is 13.9. The van der Waals surface area contributed by atoms with Gasteiger partial charge in [0.25, 0.3) is 5.56 Å². The highest BCUT2D eigenvalue weighted by molar-refractivity contribution is 5.79. The van der Waals surface area contributed by atoms with Crippen molar-refractivity contribution in [3.8, 4) is 0 Å². The molecule has 2 aromatic heterocycles. The van der Waals surface area contributed by atoms with E-state index in [0.29, 0.717) is 36.7 Å². The maximum atomic E-state index is 12.5. The fraction of sp³-hybridized carbons (Fsp3) is 0.562. The lowest BCUT2D eigenvalue weighted by atomic mass is 9.97. The lowest BCUT2D eigenvalue weighted by Crippen LogP contribution is -2.37. The van der Waals surface area contributed by atoms with Gasteiger partial charge >= 0.3 is 0 Å². The predicted molar refractivity (Wildman–Crippen MR) is 84.2 cm³/mol. The first-order valence-corrected chi connectivity index (χ1v) is 7.78. The summed E-state index contributed by atoms with van der Waals surface area (Å²) in [5.74, 6) is 1.51. The van der Waals surface area contributed by atoms with E-state index < -0.39 is 0 Å². The van der Waals surface area contributed by atoms with Gasteiger partial charge in [-0.05, 0) is 6.92 Å². The number of fused-ring (bicyclic) bond motifs is 1. The van der Waals surface area contributed by atoms with E-state index in [1.54, 1.807) is 11.8 Å². The summed E-state index contributed by atoms with van der Waals surface area (Å²) in [6.45, 7) is 8.96. The number of H-pyrrole nitrogens is 2. The highest BCUT2D eigenvalue weighted by Crippen LogP contribution is 2.27. The molecule has 7 nitrogen and oxygen atoms in total. The highest BCUT2D eigenvalue weighted by atomic mass is 16.4. The molecule has 1 aliphatic rings. The van der Waals surface area contributed by atoms with Gasteiger partial charge in [-0.15, -0.1) is 0 Å². The largest absolute Gasteiger partial charge is 0.445 e. The van der Waals surface area contributed by atoms with Crippen LogP contribution in [0.3, 0.4) is 0 Å². The molecule has 0 bridgehead atoms. The van der Waals surface area contributed by atoms with Crippen molar-refractivity contribution < 1.29 is 9.21 Å². The van der Waals surface area contributed by atoms with E-state index in [2.05, 4.69) is 15.2 Å². The van der Waals surface area contributed by atoms with Crippen LogP contribution in [0.4, 0.5) is 0 Å². The molecular weight excluding hydrogens is 296 g/mol. The van der Waals surface area contributed by atoms with Gasteiger partial charge in [0.05, 0.1) is 13.0 Å². The summed E-state index contributed by atoms with van der Waals surface area (Å²) in [5.41, 5.74) is 1.65. The van der Waals surface area contributed by atoms with E-state index in [1.165, 1.54) is 0 Å². The maximum Gasteiger partial charge on any atom is 0.267 e. The molecule has 0 saturated heterocycles. The molecule has 2 aromatic rings. The summed E-state index contributed by atoms with van der Waals surface area (Å²) in [7, 11) is 0. The summed E-state index contributed by atoms with van der Waals surface area (Å²) in [4.78, 5) is 30.5. The molecule has 0 spiro atoms. The predicted octanol–water partition coefficient (Wildman–Crippen LogP) is 1.42. The fourth-order valence-corrected chi connectivity index (χ4v) is 2.68. The molecule has 23 heavy (non-hydrogen) atoms. The average molecular weight is 318 g/mol. The van der Waals surface area contributed by atoms with Gasteiger partial charge in [-0.1, -0.05) is 20.8 Å². The van der Waals surface area contributed by atoms with Crippen LogP contribution in [-0.2, 0) is 29.6 Å². The minimum atomic E-state index is -0.231. The van der Waals surface area contributed by atoms with Crippen LogP contribution in [0.1, 0.15) is 49.4 Å². The second kappa shape index (κ2) is 5.40. The van der Waals surface area contributed by atoms with Crippen LogP contribution in [0.15, 0.2) is 9.21 Å². The van der Waals surface area contributed by atoms with Gasteiger partial charge in [-0.2, -0.15) is 0 Å². The summed E-state index contributed by atoms with van der Waals surface area (Å²) >= 11 is 0. The number of rotatable bonds is 2. The van der Waals surface area contributed by atoms with Crippen molar-refractivity contribution in [2.45, 2.75) is 52.5 Å². The number of hydrogen-bond acceptors (Lipinski definition) is 4. The van der Waals surface area contributed by atoms with Crippen molar-refractivity contribution in [3.63, 3.8) is 0 Å². The Morgan fingerprint density at radius 3 is 2.70 bits per heavy atom. The third-order valence-electron chi connectivity index (χ3n) is 4.14. The van der Waals surface area contributed by atoms with Gasteiger partial charge in [-0.25, -0.2) is 4.98 Å². The van der Waals surface area contributed by atoms with Crippen LogP contribution in [0.2, 0.25) is 0 Å². The molecule has 7 heteroatoms. The molecule has 0 unspecified atom stereocenters. The van der Waals surface area contributed by atoms with E-state index in [0.717, 1.165) is 11.5 Å². The second-order valence-electron chi connectivity index (χ2n) is 7.06. The Labute approximate surface area is 134 Å². The van der Waals surface area contributed by atoms with E-state index in [4.69, 9.17) is 4.42 Å². The molecule has 124 valence electrons.